The third-order valence-corrected chi connectivity index (χ3v) is 6.87. The Morgan fingerprint density at radius 2 is 1.79 bits per heavy atom. The summed E-state index contributed by atoms with van der Waals surface area (Å²) in [5, 5.41) is 15.8. The number of aliphatic carboxylic acids is 1. The highest BCUT2D eigenvalue weighted by molar-refractivity contribution is 5.95. The molecule has 4 unspecified atom stereocenters. The molecule has 12 nitrogen and oxygen atoms in total. The maximum absolute atomic E-state index is 13.6. The van der Waals surface area contributed by atoms with Gasteiger partial charge < -0.3 is 37.1 Å². The van der Waals surface area contributed by atoms with Gasteiger partial charge in [-0.1, -0.05) is 32.0 Å². The van der Waals surface area contributed by atoms with Gasteiger partial charge in [0.2, 0.25) is 23.6 Å². The number of carbonyl (C=O) groups is 5. The molecule has 1 aliphatic rings. The molecular formula is C26H36N6O6. The Morgan fingerprint density at radius 1 is 1.11 bits per heavy atom. The van der Waals surface area contributed by atoms with Crippen LogP contribution in [0.5, 0.6) is 0 Å². The van der Waals surface area contributed by atoms with Crippen molar-refractivity contribution in [1.82, 2.24) is 20.5 Å². The van der Waals surface area contributed by atoms with Crippen LogP contribution >= 0.6 is 0 Å². The molecule has 2 heterocycles. The van der Waals surface area contributed by atoms with Crippen molar-refractivity contribution in [2.75, 3.05) is 6.54 Å². The molecule has 1 aliphatic heterocycles. The number of hydrogen-bond acceptors (Lipinski definition) is 6. The molecule has 1 aromatic carbocycles. The number of nitrogens with zero attached hydrogens (tertiary/aromatic N) is 1. The van der Waals surface area contributed by atoms with Crippen molar-refractivity contribution in [2.24, 2.45) is 17.4 Å². The van der Waals surface area contributed by atoms with E-state index in [9.17, 15) is 29.1 Å². The van der Waals surface area contributed by atoms with Crippen LogP contribution in [0.2, 0.25) is 0 Å². The summed E-state index contributed by atoms with van der Waals surface area (Å²) in [6.45, 7) is 3.77. The van der Waals surface area contributed by atoms with E-state index in [1.165, 1.54) is 4.90 Å². The van der Waals surface area contributed by atoms with Gasteiger partial charge in [-0.05, 0) is 36.8 Å². The van der Waals surface area contributed by atoms with Crippen LogP contribution in [-0.4, -0.2) is 75.3 Å². The molecule has 0 bridgehead atoms. The van der Waals surface area contributed by atoms with Crippen LogP contribution in [0.4, 0.5) is 0 Å². The molecule has 1 saturated heterocycles. The van der Waals surface area contributed by atoms with Crippen molar-refractivity contribution in [2.45, 2.75) is 70.1 Å². The normalized spacial score (nSPS) is 17.7. The van der Waals surface area contributed by atoms with Gasteiger partial charge in [-0.3, -0.25) is 19.2 Å². The molecule has 12 heteroatoms. The topological polar surface area (TPSA) is 201 Å². The SMILES string of the molecule is CC(C)C(N)C(=O)NC(CCC(N)=O)C(=O)NC(Cc1c[nH]c2ccccc12)C(=O)N1CCCC1C(=O)O. The zero-order valence-corrected chi connectivity index (χ0v) is 21.6. The monoisotopic (exact) mass is 528 g/mol. The third-order valence-electron chi connectivity index (χ3n) is 6.87. The highest BCUT2D eigenvalue weighted by atomic mass is 16.4. The zero-order chi connectivity index (χ0) is 28.0. The minimum atomic E-state index is -1.17. The van der Waals surface area contributed by atoms with Gasteiger partial charge in [0.25, 0.3) is 0 Å². The minimum absolute atomic E-state index is 0.0828. The predicted octanol–water partition coefficient (Wildman–Crippen LogP) is 0.00440. The number of aromatic amines is 1. The summed E-state index contributed by atoms with van der Waals surface area (Å²) >= 11 is 0. The summed E-state index contributed by atoms with van der Waals surface area (Å²) in [6, 6.07) is 3.31. The molecule has 3 rings (SSSR count). The van der Waals surface area contributed by atoms with Gasteiger partial charge in [-0.25, -0.2) is 4.79 Å². The molecule has 38 heavy (non-hydrogen) atoms. The van der Waals surface area contributed by atoms with Crippen LogP contribution in [0.25, 0.3) is 10.9 Å². The molecule has 4 amide bonds. The Labute approximate surface area is 220 Å². The van der Waals surface area contributed by atoms with E-state index in [-0.39, 0.29) is 31.7 Å². The number of fused-ring (bicyclic) bond motifs is 1. The lowest BCUT2D eigenvalue weighted by Crippen LogP contribution is -2.58. The maximum atomic E-state index is 13.6. The number of aromatic nitrogens is 1. The van der Waals surface area contributed by atoms with Gasteiger partial charge in [-0.2, -0.15) is 0 Å². The number of rotatable bonds is 12. The Bertz CT molecular complexity index is 1190. The zero-order valence-electron chi connectivity index (χ0n) is 21.6. The van der Waals surface area contributed by atoms with Crippen LogP contribution in [0.3, 0.4) is 0 Å². The molecular weight excluding hydrogens is 492 g/mol. The van der Waals surface area contributed by atoms with Crippen LogP contribution in [-0.2, 0) is 30.4 Å². The number of benzene rings is 1. The van der Waals surface area contributed by atoms with Crippen molar-refractivity contribution in [3.8, 4) is 0 Å². The number of carboxylic acid groups (broad SMARTS) is 1. The largest absolute Gasteiger partial charge is 0.480 e. The van der Waals surface area contributed by atoms with Gasteiger partial charge in [0, 0.05) is 36.5 Å². The van der Waals surface area contributed by atoms with Gasteiger partial charge in [0.05, 0.1) is 6.04 Å². The smallest absolute Gasteiger partial charge is 0.326 e. The lowest BCUT2D eigenvalue weighted by atomic mass is 10.0. The van der Waals surface area contributed by atoms with Crippen LogP contribution < -0.4 is 22.1 Å². The second-order valence-electron chi connectivity index (χ2n) is 9.99. The Kier molecular flexibility index (Phi) is 9.45. The highest BCUT2D eigenvalue weighted by Crippen LogP contribution is 2.23. The molecule has 0 aliphatic carbocycles. The average molecular weight is 529 g/mol. The van der Waals surface area contributed by atoms with Crippen molar-refractivity contribution in [1.29, 1.82) is 0 Å². The molecule has 0 radical (unpaired) electrons. The van der Waals surface area contributed by atoms with Gasteiger partial charge in [0.15, 0.2) is 0 Å². The molecule has 1 aromatic heterocycles. The number of para-hydroxylation sites is 1. The van der Waals surface area contributed by atoms with Crippen molar-refractivity contribution in [3.05, 3.63) is 36.0 Å². The first-order valence-corrected chi connectivity index (χ1v) is 12.7. The number of hydrogen-bond donors (Lipinski definition) is 6. The number of nitrogens with two attached hydrogens (primary N) is 2. The molecule has 1 fully saturated rings. The van der Waals surface area contributed by atoms with E-state index in [4.69, 9.17) is 11.5 Å². The molecule has 206 valence electrons. The van der Waals surface area contributed by atoms with Crippen molar-refractivity contribution >= 4 is 40.5 Å². The molecule has 4 atom stereocenters. The maximum Gasteiger partial charge on any atom is 0.326 e. The van der Waals surface area contributed by atoms with Gasteiger partial charge in [0.1, 0.15) is 18.1 Å². The second kappa shape index (κ2) is 12.5. The summed E-state index contributed by atoms with van der Waals surface area (Å²) < 4.78 is 0. The summed E-state index contributed by atoms with van der Waals surface area (Å²) in [5.74, 6) is -3.77. The number of primary amides is 1. The molecule has 0 spiro atoms. The van der Waals surface area contributed by atoms with Gasteiger partial charge in [-0.15, -0.1) is 0 Å². The van der Waals surface area contributed by atoms with E-state index < -0.39 is 53.8 Å². The fourth-order valence-corrected chi connectivity index (χ4v) is 4.61. The number of nitrogens with one attached hydrogen (secondary N) is 3. The van der Waals surface area contributed by atoms with Crippen LogP contribution in [0, 0.1) is 5.92 Å². The Hall–Kier alpha value is -3.93. The van der Waals surface area contributed by atoms with E-state index in [0.717, 1.165) is 16.5 Å². The first-order valence-electron chi connectivity index (χ1n) is 12.7. The average Bonchev–Trinajstić information content (AvgIpc) is 3.52. The lowest BCUT2D eigenvalue weighted by molar-refractivity contribution is -0.149. The van der Waals surface area contributed by atoms with Crippen molar-refractivity contribution < 1.29 is 29.1 Å². The number of likely N-dealkylation sites (tertiary alicyclic amines) is 1. The second-order valence-corrected chi connectivity index (χ2v) is 9.99. The Balaban J connectivity index is 1.88. The van der Waals surface area contributed by atoms with E-state index in [0.29, 0.717) is 12.8 Å². The van der Waals surface area contributed by atoms with E-state index in [2.05, 4.69) is 15.6 Å². The third kappa shape index (κ3) is 6.88. The van der Waals surface area contributed by atoms with E-state index in [1.54, 1.807) is 20.0 Å². The number of amides is 4. The van der Waals surface area contributed by atoms with Crippen LogP contribution in [0.1, 0.15) is 45.1 Å². The summed E-state index contributed by atoms with van der Waals surface area (Å²) in [5.41, 5.74) is 12.8. The molecule has 8 N–H and O–H groups in total. The van der Waals surface area contributed by atoms with E-state index >= 15 is 0 Å². The van der Waals surface area contributed by atoms with E-state index in [1.807, 2.05) is 24.3 Å². The summed E-state index contributed by atoms with van der Waals surface area (Å²) in [6.07, 6.45) is 2.40. The van der Waals surface area contributed by atoms with Gasteiger partial charge >= 0.3 is 5.97 Å². The number of carboxylic acids is 1. The van der Waals surface area contributed by atoms with Crippen molar-refractivity contribution in [3.63, 3.8) is 0 Å². The fraction of sp³-hybridized carbons (Fsp3) is 0.500. The highest BCUT2D eigenvalue weighted by Gasteiger charge is 2.38. The number of H-pyrrole nitrogens is 1. The fourth-order valence-electron chi connectivity index (χ4n) is 4.61. The summed E-state index contributed by atoms with van der Waals surface area (Å²) in [7, 11) is 0. The summed E-state index contributed by atoms with van der Waals surface area (Å²) in [4.78, 5) is 67.2. The minimum Gasteiger partial charge on any atom is -0.480 e. The number of carbonyl (C=O) groups excluding carboxylic acids is 4. The lowest BCUT2D eigenvalue weighted by Gasteiger charge is -2.29. The molecule has 0 saturated carbocycles. The Morgan fingerprint density at radius 3 is 2.45 bits per heavy atom. The first kappa shape index (κ1) is 28.6. The quantitative estimate of drug-likeness (QED) is 0.222. The standard InChI is InChI=1S/C26H36N6O6/c1-14(2)22(28)24(35)30-18(9-10-21(27)33)23(34)31-19(25(36)32-11-5-8-20(32)26(37)38)12-15-13-29-17-7-4-3-6-16(15)17/h3-4,6-7,13-14,18-20,22,29H,5,8-12,28H2,1-2H3,(H2,27,33)(H,30,35)(H,31,34)(H,37,38). The predicted molar refractivity (Wildman–Crippen MR) is 139 cm³/mol. The van der Waals surface area contributed by atoms with Crippen LogP contribution in [0.15, 0.2) is 30.5 Å². The molecule has 2 aromatic rings. The first-order chi connectivity index (χ1) is 18.0.